The molecule has 0 aliphatic heterocycles. The first-order valence-electron chi connectivity index (χ1n) is 7.28. The largest absolute Gasteiger partial charge is 0.309 e. The van der Waals surface area contributed by atoms with Gasteiger partial charge in [0.15, 0.2) is 0 Å². The van der Waals surface area contributed by atoms with Crippen molar-refractivity contribution in [2.45, 2.75) is 45.2 Å². The van der Waals surface area contributed by atoms with Crippen LogP contribution < -0.4 is 5.32 Å². The number of nitrogens with one attached hydrogen (secondary N) is 1. The Hall–Kier alpha value is -0.640. The predicted octanol–water partition coefficient (Wildman–Crippen LogP) is 4.25. The highest BCUT2D eigenvalue weighted by atomic mass is 35.5. The molecule has 1 aromatic carbocycles. The van der Waals surface area contributed by atoms with Gasteiger partial charge < -0.3 is 10.2 Å². The third kappa shape index (κ3) is 3.33. The molecule has 0 aliphatic rings. The molecule has 0 aromatic heterocycles. The van der Waals surface area contributed by atoms with Crippen molar-refractivity contribution in [3.63, 3.8) is 0 Å². The minimum absolute atomic E-state index is 0.000648. The van der Waals surface area contributed by atoms with Gasteiger partial charge in [-0.1, -0.05) is 32.4 Å². The van der Waals surface area contributed by atoms with E-state index in [9.17, 15) is 4.39 Å². The fourth-order valence-electron chi connectivity index (χ4n) is 3.08. The Morgan fingerprint density at radius 3 is 2.30 bits per heavy atom. The van der Waals surface area contributed by atoms with E-state index in [-0.39, 0.29) is 17.4 Å². The van der Waals surface area contributed by atoms with E-state index in [0.29, 0.717) is 5.02 Å². The van der Waals surface area contributed by atoms with Crippen molar-refractivity contribution in [1.29, 1.82) is 0 Å². The van der Waals surface area contributed by atoms with Crippen LogP contribution in [0.5, 0.6) is 0 Å². The first-order valence-corrected chi connectivity index (χ1v) is 7.66. The summed E-state index contributed by atoms with van der Waals surface area (Å²) in [6.07, 6.45) is 1.92. The first kappa shape index (κ1) is 17.4. The topological polar surface area (TPSA) is 15.3 Å². The van der Waals surface area contributed by atoms with E-state index in [1.54, 1.807) is 12.1 Å². The molecule has 20 heavy (non-hydrogen) atoms. The zero-order valence-corrected chi connectivity index (χ0v) is 13.9. The minimum atomic E-state index is -0.243. The maximum atomic E-state index is 13.6. The molecule has 1 rings (SSSR count). The van der Waals surface area contributed by atoms with Crippen LogP contribution in [-0.4, -0.2) is 31.1 Å². The SMILES string of the molecule is CCNC(c1cc(F)ccc1Cl)C(CC)(CC)N(C)C. The molecule has 0 spiro atoms. The minimum Gasteiger partial charge on any atom is -0.309 e. The Bertz CT molecular complexity index is 430. The molecule has 0 saturated carbocycles. The lowest BCUT2D eigenvalue weighted by atomic mass is 9.79. The molecule has 0 aliphatic carbocycles. The zero-order chi connectivity index (χ0) is 15.3. The van der Waals surface area contributed by atoms with Crippen molar-refractivity contribution in [3.05, 3.63) is 34.6 Å². The van der Waals surface area contributed by atoms with Gasteiger partial charge in [0.25, 0.3) is 0 Å². The van der Waals surface area contributed by atoms with Crippen LogP contribution in [-0.2, 0) is 0 Å². The highest BCUT2D eigenvalue weighted by Gasteiger charge is 2.39. The van der Waals surface area contributed by atoms with Crippen LogP contribution in [0.2, 0.25) is 5.02 Å². The van der Waals surface area contributed by atoms with Crippen LogP contribution >= 0.6 is 11.6 Å². The van der Waals surface area contributed by atoms with Crippen LogP contribution in [0.3, 0.4) is 0 Å². The second-order valence-electron chi connectivity index (χ2n) is 5.36. The summed E-state index contributed by atoms with van der Waals surface area (Å²) in [6, 6.07) is 4.60. The first-order chi connectivity index (χ1) is 9.42. The molecule has 0 bridgehead atoms. The summed E-state index contributed by atoms with van der Waals surface area (Å²) in [5.74, 6) is -0.243. The Kier molecular flexibility index (Phi) is 6.44. The van der Waals surface area contributed by atoms with E-state index in [4.69, 9.17) is 11.6 Å². The van der Waals surface area contributed by atoms with Gasteiger partial charge in [-0.25, -0.2) is 4.39 Å². The van der Waals surface area contributed by atoms with Gasteiger partial charge in [-0.3, -0.25) is 0 Å². The summed E-state index contributed by atoms with van der Waals surface area (Å²) < 4.78 is 13.6. The Labute approximate surface area is 127 Å². The number of likely N-dealkylation sites (N-methyl/N-ethyl adjacent to an activating group) is 2. The summed E-state index contributed by atoms with van der Waals surface area (Å²) in [5, 5.41) is 4.11. The Morgan fingerprint density at radius 2 is 1.85 bits per heavy atom. The van der Waals surface area contributed by atoms with Crippen molar-refractivity contribution in [1.82, 2.24) is 10.2 Å². The van der Waals surface area contributed by atoms with Crippen LogP contribution in [0, 0.1) is 5.82 Å². The summed E-state index contributed by atoms with van der Waals surface area (Å²) in [4.78, 5) is 2.22. The molecule has 1 atom stereocenters. The highest BCUT2D eigenvalue weighted by molar-refractivity contribution is 6.31. The number of hydrogen-bond donors (Lipinski definition) is 1. The van der Waals surface area contributed by atoms with Crippen LogP contribution in [0.1, 0.15) is 45.2 Å². The summed E-state index contributed by atoms with van der Waals surface area (Å²) in [5.41, 5.74) is 0.749. The van der Waals surface area contributed by atoms with Gasteiger partial charge in [0, 0.05) is 10.6 Å². The number of hydrogen-bond acceptors (Lipinski definition) is 2. The van der Waals surface area contributed by atoms with Crippen molar-refractivity contribution >= 4 is 11.6 Å². The molecule has 1 unspecified atom stereocenters. The average Bonchev–Trinajstić information content (AvgIpc) is 2.42. The molecule has 0 heterocycles. The Balaban J connectivity index is 3.38. The summed E-state index contributed by atoms with van der Waals surface area (Å²) in [6.45, 7) is 7.21. The lowest BCUT2D eigenvalue weighted by molar-refractivity contribution is 0.0888. The average molecular weight is 301 g/mol. The Morgan fingerprint density at radius 1 is 1.25 bits per heavy atom. The van der Waals surface area contributed by atoms with Gasteiger partial charge in [-0.2, -0.15) is 0 Å². The zero-order valence-electron chi connectivity index (χ0n) is 13.1. The smallest absolute Gasteiger partial charge is 0.123 e. The van der Waals surface area contributed by atoms with Crippen molar-refractivity contribution in [3.8, 4) is 0 Å². The quantitative estimate of drug-likeness (QED) is 0.810. The fourth-order valence-corrected chi connectivity index (χ4v) is 3.30. The second-order valence-corrected chi connectivity index (χ2v) is 5.77. The number of nitrogens with zero attached hydrogens (tertiary/aromatic N) is 1. The molecule has 114 valence electrons. The molecular weight excluding hydrogens is 275 g/mol. The van der Waals surface area contributed by atoms with Gasteiger partial charge in [0.2, 0.25) is 0 Å². The number of rotatable bonds is 7. The van der Waals surface area contributed by atoms with E-state index in [2.05, 4.69) is 45.1 Å². The molecule has 1 N–H and O–H groups in total. The van der Waals surface area contributed by atoms with Gasteiger partial charge in [0.1, 0.15) is 5.82 Å². The highest BCUT2D eigenvalue weighted by Crippen LogP contribution is 2.38. The number of benzene rings is 1. The normalized spacial score (nSPS) is 13.8. The van der Waals surface area contributed by atoms with E-state index < -0.39 is 0 Å². The predicted molar refractivity (Wildman–Crippen MR) is 84.8 cm³/mol. The van der Waals surface area contributed by atoms with Crippen molar-refractivity contribution in [2.24, 2.45) is 0 Å². The van der Waals surface area contributed by atoms with Crippen LogP contribution in [0.15, 0.2) is 18.2 Å². The van der Waals surface area contributed by atoms with Crippen LogP contribution in [0.25, 0.3) is 0 Å². The third-order valence-electron chi connectivity index (χ3n) is 4.33. The number of halogens is 2. The third-order valence-corrected chi connectivity index (χ3v) is 4.67. The van der Waals surface area contributed by atoms with E-state index in [1.807, 2.05) is 0 Å². The summed E-state index contributed by atoms with van der Waals surface area (Å²) in [7, 11) is 4.15. The fraction of sp³-hybridized carbons (Fsp3) is 0.625. The van der Waals surface area contributed by atoms with E-state index in [0.717, 1.165) is 24.9 Å². The van der Waals surface area contributed by atoms with E-state index >= 15 is 0 Å². The van der Waals surface area contributed by atoms with Gasteiger partial charge in [-0.05, 0) is 57.2 Å². The molecular formula is C16H26ClFN2. The molecule has 0 amide bonds. The second kappa shape index (κ2) is 7.39. The van der Waals surface area contributed by atoms with Gasteiger partial charge in [-0.15, -0.1) is 0 Å². The maximum Gasteiger partial charge on any atom is 0.123 e. The summed E-state index contributed by atoms with van der Waals surface area (Å²) >= 11 is 6.33. The molecule has 4 heteroatoms. The van der Waals surface area contributed by atoms with Crippen molar-refractivity contribution < 1.29 is 4.39 Å². The molecule has 0 radical (unpaired) electrons. The molecule has 0 saturated heterocycles. The van der Waals surface area contributed by atoms with Gasteiger partial charge in [0.05, 0.1) is 6.04 Å². The molecule has 0 fully saturated rings. The maximum absolute atomic E-state index is 13.6. The van der Waals surface area contributed by atoms with E-state index in [1.165, 1.54) is 6.07 Å². The molecule has 1 aromatic rings. The monoisotopic (exact) mass is 300 g/mol. The van der Waals surface area contributed by atoms with Gasteiger partial charge >= 0.3 is 0 Å². The van der Waals surface area contributed by atoms with Crippen molar-refractivity contribution in [2.75, 3.05) is 20.6 Å². The lowest BCUT2D eigenvalue weighted by Gasteiger charge is -2.46. The lowest BCUT2D eigenvalue weighted by Crippen LogP contribution is -2.53. The standard InChI is InChI=1S/C16H26ClFN2/c1-6-16(7-2,20(4)5)15(19-8-3)13-11-12(18)9-10-14(13)17/h9-11,15,19H,6-8H2,1-5H3. The molecule has 2 nitrogen and oxygen atoms in total. The van der Waals surface area contributed by atoms with Crippen LogP contribution in [0.4, 0.5) is 4.39 Å².